The molecule has 3 atom stereocenters. The number of hydrogen-bond acceptors (Lipinski definition) is 9. The highest BCUT2D eigenvalue weighted by Gasteiger charge is 2.61. The van der Waals surface area contributed by atoms with Crippen molar-refractivity contribution in [3.8, 4) is 5.75 Å². The number of ketones is 1. The summed E-state index contributed by atoms with van der Waals surface area (Å²) in [6.45, 7) is 5.07. The van der Waals surface area contributed by atoms with Gasteiger partial charge in [0.05, 0.1) is 43.8 Å². The van der Waals surface area contributed by atoms with Crippen LogP contribution in [0.3, 0.4) is 0 Å². The van der Waals surface area contributed by atoms with Crippen molar-refractivity contribution in [2.24, 2.45) is 9.36 Å². The molecule has 45 heavy (non-hydrogen) atoms. The standard InChI is InChI=1S/C29H32ClF5N4O5S/c1-26(2,3)44-22(41)11-20-27(4,5)45(42)21(12-29(34,35)14-37-45)28(6,39-20)24-18(31)8-7-15(38-24)9-19(40)23-17(30)10-16(13-36-23)43-25(32)33/h7-8,10,13,21,25H,9,11-12,14H2,1-6H3/t21-,28+,45-/m1/s1. The number of nitrogens with zero attached hydrogens (tertiary/aromatic N) is 4. The van der Waals surface area contributed by atoms with Gasteiger partial charge >= 0.3 is 12.6 Å². The van der Waals surface area contributed by atoms with E-state index in [0.29, 0.717) is 0 Å². The van der Waals surface area contributed by atoms with Crippen LogP contribution in [0.5, 0.6) is 5.75 Å². The molecule has 9 nitrogen and oxygen atoms in total. The van der Waals surface area contributed by atoms with Crippen molar-refractivity contribution in [3.05, 3.63) is 52.3 Å². The van der Waals surface area contributed by atoms with Gasteiger partial charge in [0.1, 0.15) is 40.6 Å². The number of Topliss-reactive ketones (excluding diaryl/α,β-unsaturated/α-hetero) is 1. The highest BCUT2D eigenvalue weighted by Crippen LogP contribution is 2.50. The Morgan fingerprint density at radius 1 is 1.16 bits per heavy atom. The van der Waals surface area contributed by atoms with E-state index in [2.05, 4.69) is 24.1 Å². The van der Waals surface area contributed by atoms with E-state index in [-0.39, 0.29) is 27.9 Å². The molecule has 246 valence electrons. The molecule has 4 heterocycles. The fourth-order valence-electron chi connectivity index (χ4n) is 5.36. The van der Waals surface area contributed by atoms with Crippen molar-refractivity contribution >= 4 is 38.8 Å². The van der Waals surface area contributed by atoms with Crippen molar-refractivity contribution in [1.29, 1.82) is 0 Å². The lowest BCUT2D eigenvalue weighted by Gasteiger charge is -2.49. The number of rotatable bonds is 8. The molecule has 2 aliphatic rings. The summed E-state index contributed by atoms with van der Waals surface area (Å²) in [6.07, 6.45) is -1.05. The third kappa shape index (κ3) is 6.98. The fraction of sp³-hybridized carbons (Fsp3) is 0.552. The Bertz CT molecular complexity index is 1690. The average molecular weight is 679 g/mol. The summed E-state index contributed by atoms with van der Waals surface area (Å²) in [5.41, 5.74) is -3.69. The van der Waals surface area contributed by atoms with Gasteiger partial charge in [-0.3, -0.25) is 19.6 Å². The number of carbonyl (C=O) groups is 2. The number of halogens is 6. The summed E-state index contributed by atoms with van der Waals surface area (Å²) in [4.78, 5) is 38.6. The van der Waals surface area contributed by atoms with Gasteiger partial charge in [-0.15, -0.1) is 0 Å². The van der Waals surface area contributed by atoms with Crippen LogP contribution in [0, 0.1) is 5.82 Å². The number of carbonyl (C=O) groups excluding carboxylic acids is 2. The minimum atomic E-state index is -3.65. The number of alkyl halides is 4. The Morgan fingerprint density at radius 3 is 2.42 bits per heavy atom. The van der Waals surface area contributed by atoms with Gasteiger partial charge in [-0.2, -0.15) is 8.78 Å². The molecule has 0 aromatic carbocycles. The maximum atomic E-state index is 15.6. The first-order valence-corrected chi connectivity index (χ1v) is 15.7. The smallest absolute Gasteiger partial charge is 0.387 e. The highest BCUT2D eigenvalue weighted by atomic mass is 35.5. The molecule has 0 amide bonds. The molecule has 0 N–H and O–H groups in total. The highest BCUT2D eigenvalue weighted by molar-refractivity contribution is 7.96. The minimum Gasteiger partial charge on any atom is -0.460 e. The maximum Gasteiger partial charge on any atom is 0.387 e. The van der Waals surface area contributed by atoms with Crippen molar-refractivity contribution in [3.63, 3.8) is 0 Å². The lowest BCUT2D eigenvalue weighted by molar-refractivity contribution is -0.153. The van der Waals surface area contributed by atoms with Gasteiger partial charge in [0.15, 0.2) is 5.78 Å². The first kappa shape index (κ1) is 34.7. The van der Waals surface area contributed by atoms with Gasteiger partial charge in [0.2, 0.25) is 0 Å². The number of hydrogen-bond donors (Lipinski definition) is 0. The van der Waals surface area contributed by atoms with E-state index in [9.17, 15) is 31.4 Å². The molecule has 0 bridgehead atoms. The Labute approximate surface area is 262 Å². The summed E-state index contributed by atoms with van der Waals surface area (Å²) in [5.74, 6) is -6.18. The molecule has 4 rings (SSSR count). The molecule has 2 aromatic rings. The zero-order valence-corrected chi connectivity index (χ0v) is 26.9. The molecule has 0 unspecified atom stereocenters. The van der Waals surface area contributed by atoms with Gasteiger partial charge in [0.25, 0.3) is 5.92 Å². The van der Waals surface area contributed by atoms with Crippen LogP contribution in [-0.2, 0) is 31.2 Å². The molecule has 16 heteroatoms. The summed E-state index contributed by atoms with van der Waals surface area (Å²) in [6, 6.07) is 3.12. The van der Waals surface area contributed by atoms with E-state index < -0.39 is 92.5 Å². The summed E-state index contributed by atoms with van der Waals surface area (Å²) >= 11 is 6.06. The zero-order valence-electron chi connectivity index (χ0n) is 25.3. The van der Waals surface area contributed by atoms with Crippen LogP contribution in [0.15, 0.2) is 33.8 Å². The monoisotopic (exact) mass is 678 g/mol. The van der Waals surface area contributed by atoms with Crippen molar-refractivity contribution in [2.45, 2.75) is 94.5 Å². The Kier molecular flexibility index (Phi) is 9.14. The molecule has 0 aliphatic carbocycles. The van der Waals surface area contributed by atoms with Crippen molar-refractivity contribution < 1.29 is 45.2 Å². The van der Waals surface area contributed by atoms with Gasteiger partial charge in [0, 0.05) is 23.9 Å². The topological polar surface area (TPSA) is 120 Å². The van der Waals surface area contributed by atoms with Gasteiger partial charge in [-0.05, 0) is 53.7 Å². The lowest BCUT2D eigenvalue weighted by atomic mass is 9.87. The normalized spacial score (nSPS) is 25.5. The molecule has 0 fully saturated rings. The molecule has 0 saturated heterocycles. The van der Waals surface area contributed by atoms with E-state index in [0.717, 1.165) is 18.3 Å². The third-order valence-electron chi connectivity index (χ3n) is 7.54. The van der Waals surface area contributed by atoms with Gasteiger partial charge < -0.3 is 9.47 Å². The first-order chi connectivity index (χ1) is 20.6. The molecule has 0 spiro atoms. The summed E-state index contributed by atoms with van der Waals surface area (Å²) in [5, 5.41) is -1.82. The number of aromatic nitrogens is 2. The largest absolute Gasteiger partial charge is 0.460 e. The third-order valence-corrected chi connectivity index (χ3v) is 11.4. The summed E-state index contributed by atoms with van der Waals surface area (Å²) < 4.78 is 97.2. The quantitative estimate of drug-likeness (QED) is 0.181. The lowest BCUT2D eigenvalue weighted by Crippen LogP contribution is -2.61. The van der Waals surface area contributed by atoms with Crippen LogP contribution < -0.4 is 4.74 Å². The average Bonchev–Trinajstić information content (AvgIpc) is 2.88. The number of esters is 1. The van der Waals surface area contributed by atoms with Crippen LogP contribution in [0.4, 0.5) is 22.0 Å². The Balaban J connectivity index is 1.80. The van der Waals surface area contributed by atoms with Crippen molar-refractivity contribution in [2.75, 3.05) is 6.54 Å². The predicted octanol–water partition coefficient (Wildman–Crippen LogP) is 6.35. The number of ether oxygens (including phenoxy) is 2. The van der Waals surface area contributed by atoms with E-state index in [1.165, 1.54) is 26.8 Å². The molecule has 2 aromatic heterocycles. The molecular formula is C29H32ClF5N4O5S. The van der Waals surface area contributed by atoms with Gasteiger partial charge in [-0.1, -0.05) is 11.6 Å². The molecule has 2 aliphatic heterocycles. The molecule has 0 saturated carbocycles. The Morgan fingerprint density at radius 2 is 1.82 bits per heavy atom. The van der Waals surface area contributed by atoms with Crippen LogP contribution in [0.25, 0.3) is 0 Å². The van der Waals surface area contributed by atoms with Gasteiger partial charge in [-0.25, -0.2) is 26.7 Å². The molecule has 0 radical (unpaired) electrons. The number of pyridine rings is 2. The zero-order chi connectivity index (χ0) is 33.8. The predicted molar refractivity (Wildman–Crippen MR) is 156 cm³/mol. The SMILES string of the molecule is CC(C)(C)OC(=O)CC1=N[C@](C)(c2nc(CC(=O)c3ncc(OC(F)F)cc3Cl)ccc2F)[C@H]2CC(F)(F)CN=[S@]2(=O)C1(C)C. The Hall–Kier alpha value is -3.20. The van der Waals surface area contributed by atoms with Crippen LogP contribution in [0.1, 0.15) is 76.3 Å². The maximum absolute atomic E-state index is 15.6. The molecular weight excluding hydrogens is 647 g/mol. The fourth-order valence-corrected chi connectivity index (χ4v) is 8.93. The van der Waals surface area contributed by atoms with Crippen LogP contribution in [-0.4, -0.2) is 66.3 Å². The second-order valence-corrected chi connectivity index (χ2v) is 15.9. The summed E-state index contributed by atoms with van der Waals surface area (Å²) in [7, 11) is -3.65. The number of fused-ring (bicyclic) bond motifs is 1. The minimum absolute atomic E-state index is 0.0132. The van der Waals surface area contributed by atoms with E-state index in [1.54, 1.807) is 20.8 Å². The van der Waals surface area contributed by atoms with E-state index in [1.807, 2.05) is 0 Å². The first-order valence-electron chi connectivity index (χ1n) is 13.8. The van der Waals surface area contributed by atoms with Crippen molar-refractivity contribution in [1.82, 2.24) is 9.97 Å². The van der Waals surface area contributed by atoms with E-state index >= 15 is 4.39 Å². The van der Waals surface area contributed by atoms with Crippen LogP contribution in [0.2, 0.25) is 5.02 Å². The second-order valence-electron chi connectivity index (χ2n) is 12.5. The van der Waals surface area contributed by atoms with Crippen LogP contribution >= 0.6 is 11.6 Å². The van der Waals surface area contributed by atoms with E-state index in [4.69, 9.17) is 16.3 Å². The number of aliphatic imine (C=N–C) groups is 1. The second kappa shape index (κ2) is 11.9.